The van der Waals surface area contributed by atoms with Crippen LogP contribution in [0.15, 0.2) is 0 Å². The first kappa shape index (κ1) is 14.8. The van der Waals surface area contributed by atoms with Gasteiger partial charge in [0, 0.05) is 25.7 Å². The van der Waals surface area contributed by atoms with Crippen LogP contribution in [0.2, 0.25) is 0 Å². The van der Waals surface area contributed by atoms with Gasteiger partial charge in [0.25, 0.3) is 0 Å². The van der Waals surface area contributed by atoms with Crippen LogP contribution in [0.3, 0.4) is 0 Å². The van der Waals surface area contributed by atoms with Gasteiger partial charge < -0.3 is 9.84 Å². The Balaban J connectivity index is 1.88. The van der Waals surface area contributed by atoms with E-state index in [0.717, 1.165) is 45.6 Å². The van der Waals surface area contributed by atoms with Gasteiger partial charge in [0.05, 0.1) is 19.3 Å². The average molecular weight is 270 g/mol. The van der Waals surface area contributed by atoms with Crippen LogP contribution in [0, 0.1) is 0 Å². The van der Waals surface area contributed by atoms with Crippen LogP contribution in [-0.2, 0) is 9.53 Å². The van der Waals surface area contributed by atoms with Gasteiger partial charge in [-0.15, -0.1) is 0 Å². The molecular weight excluding hydrogens is 244 g/mol. The summed E-state index contributed by atoms with van der Waals surface area (Å²) in [6, 6.07) is 0.441. The molecule has 1 heterocycles. The predicted molar refractivity (Wildman–Crippen MR) is 73.3 cm³/mol. The molecule has 1 N–H and O–H groups in total. The molecule has 1 atom stereocenters. The molecule has 0 aromatic carbocycles. The third-order valence-electron chi connectivity index (χ3n) is 4.29. The van der Waals surface area contributed by atoms with Crippen molar-refractivity contribution in [2.24, 2.45) is 0 Å². The number of carboxylic acid groups (broad SMARTS) is 1. The van der Waals surface area contributed by atoms with Gasteiger partial charge in [-0.1, -0.05) is 19.8 Å². The zero-order chi connectivity index (χ0) is 13.7. The fourth-order valence-corrected chi connectivity index (χ4v) is 3.23. The molecule has 1 unspecified atom stereocenters. The number of carbonyl (C=O) groups is 1. The van der Waals surface area contributed by atoms with Gasteiger partial charge >= 0.3 is 5.97 Å². The van der Waals surface area contributed by atoms with Gasteiger partial charge in [-0.2, -0.15) is 0 Å². The highest BCUT2D eigenvalue weighted by Crippen LogP contribution is 2.24. The first-order chi connectivity index (χ1) is 9.19. The standard InChI is InChI=1S/C14H26N2O3/c1-2-15-7-8-19-13(9-15)10-16(11-14(17)18)12-5-3-4-6-12/h12-13H,2-11H2,1H3,(H,17,18). The number of hydrogen-bond acceptors (Lipinski definition) is 4. The van der Waals surface area contributed by atoms with Crippen molar-refractivity contribution in [3.63, 3.8) is 0 Å². The maximum atomic E-state index is 11.0. The van der Waals surface area contributed by atoms with Crippen molar-refractivity contribution in [2.75, 3.05) is 39.3 Å². The van der Waals surface area contributed by atoms with Gasteiger partial charge in [-0.05, 0) is 19.4 Å². The van der Waals surface area contributed by atoms with Crippen molar-refractivity contribution < 1.29 is 14.6 Å². The molecule has 2 fully saturated rings. The zero-order valence-electron chi connectivity index (χ0n) is 11.9. The molecule has 0 spiro atoms. The highest BCUT2D eigenvalue weighted by Gasteiger charge is 2.28. The van der Waals surface area contributed by atoms with E-state index in [9.17, 15) is 4.79 Å². The number of nitrogens with zero attached hydrogens (tertiary/aromatic N) is 2. The molecule has 1 saturated carbocycles. The molecule has 0 amide bonds. The Morgan fingerprint density at radius 1 is 1.42 bits per heavy atom. The lowest BCUT2D eigenvalue weighted by Crippen LogP contribution is -2.50. The summed E-state index contributed by atoms with van der Waals surface area (Å²) < 4.78 is 5.81. The SMILES string of the molecule is CCN1CCOC(CN(CC(=O)O)C2CCCC2)C1. The summed E-state index contributed by atoms with van der Waals surface area (Å²) >= 11 is 0. The Kier molecular flexibility index (Phi) is 5.60. The minimum absolute atomic E-state index is 0.149. The quantitative estimate of drug-likeness (QED) is 0.781. The second kappa shape index (κ2) is 7.22. The van der Waals surface area contributed by atoms with Gasteiger partial charge in [-0.25, -0.2) is 0 Å². The number of morpholine rings is 1. The van der Waals surface area contributed by atoms with E-state index in [1.165, 1.54) is 12.8 Å². The van der Waals surface area contributed by atoms with Crippen molar-refractivity contribution in [1.82, 2.24) is 9.80 Å². The third-order valence-corrected chi connectivity index (χ3v) is 4.29. The summed E-state index contributed by atoms with van der Waals surface area (Å²) in [7, 11) is 0. The molecule has 1 saturated heterocycles. The Morgan fingerprint density at radius 2 is 2.16 bits per heavy atom. The number of aliphatic carboxylic acids is 1. The van der Waals surface area contributed by atoms with Gasteiger partial charge in [0.1, 0.15) is 0 Å². The summed E-state index contributed by atoms with van der Waals surface area (Å²) in [5, 5.41) is 9.08. The fourth-order valence-electron chi connectivity index (χ4n) is 3.23. The normalized spacial score (nSPS) is 26.1. The second-order valence-electron chi connectivity index (χ2n) is 5.65. The molecule has 110 valence electrons. The minimum Gasteiger partial charge on any atom is -0.480 e. The molecule has 0 aromatic rings. The molecule has 0 aromatic heterocycles. The van der Waals surface area contributed by atoms with E-state index >= 15 is 0 Å². The highest BCUT2D eigenvalue weighted by atomic mass is 16.5. The van der Waals surface area contributed by atoms with Crippen LogP contribution >= 0.6 is 0 Å². The average Bonchev–Trinajstić information content (AvgIpc) is 2.91. The van der Waals surface area contributed by atoms with E-state index in [0.29, 0.717) is 6.04 Å². The van der Waals surface area contributed by atoms with Gasteiger partial charge in [0.2, 0.25) is 0 Å². The molecule has 5 heteroatoms. The number of rotatable bonds is 6. The van der Waals surface area contributed by atoms with Crippen molar-refractivity contribution in [1.29, 1.82) is 0 Å². The van der Waals surface area contributed by atoms with E-state index in [2.05, 4.69) is 16.7 Å². The Labute approximate surface area is 115 Å². The van der Waals surface area contributed by atoms with Crippen molar-refractivity contribution in [3.8, 4) is 0 Å². The van der Waals surface area contributed by atoms with Crippen LogP contribution in [-0.4, -0.2) is 72.4 Å². The number of ether oxygens (including phenoxy) is 1. The minimum atomic E-state index is -0.727. The van der Waals surface area contributed by atoms with Crippen LogP contribution < -0.4 is 0 Å². The molecule has 2 rings (SSSR count). The Morgan fingerprint density at radius 3 is 2.79 bits per heavy atom. The predicted octanol–water partition coefficient (Wildman–Crippen LogP) is 1.04. The molecule has 1 aliphatic heterocycles. The van der Waals surface area contributed by atoms with E-state index in [-0.39, 0.29) is 12.6 Å². The van der Waals surface area contributed by atoms with Gasteiger partial charge in [0.15, 0.2) is 0 Å². The molecule has 0 radical (unpaired) electrons. The Hall–Kier alpha value is -0.650. The first-order valence-corrected chi connectivity index (χ1v) is 7.49. The molecule has 5 nitrogen and oxygen atoms in total. The first-order valence-electron chi connectivity index (χ1n) is 7.49. The van der Waals surface area contributed by atoms with Crippen molar-refractivity contribution in [3.05, 3.63) is 0 Å². The second-order valence-corrected chi connectivity index (χ2v) is 5.65. The van der Waals surface area contributed by atoms with Crippen molar-refractivity contribution in [2.45, 2.75) is 44.8 Å². The van der Waals surface area contributed by atoms with Crippen LogP contribution in [0.25, 0.3) is 0 Å². The molecule has 1 aliphatic carbocycles. The number of likely N-dealkylation sites (N-methyl/N-ethyl adjacent to an activating group) is 1. The highest BCUT2D eigenvalue weighted by molar-refractivity contribution is 5.69. The Bertz CT molecular complexity index is 292. The maximum Gasteiger partial charge on any atom is 0.317 e. The smallest absolute Gasteiger partial charge is 0.317 e. The van der Waals surface area contributed by atoms with Crippen LogP contribution in [0.5, 0.6) is 0 Å². The number of carboxylic acids is 1. The fraction of sp³-hybridized carbons (Fsp3) is 0.929. The van der Waals surface area contributed by atoms with Crippen molar-refractivity contribution >= 4 is 5.97 Å². The van der Waals surface area contributed by atoms with Crippen LogP contribution in [0.1, 0.15) is 32.6 Å². The zero-order valence-corrected chi connectivity index (χ0v) is 11.9. The summed E-state index contributed by atoms with van der Waals surface area (Å²) in [6.07, 6.45) is 4.89. The summed E-state index contributed by atoms with van der Waals surface area (Å²) in [5.41, 5.74) is 0. The summed E-state index contributed by atoms with van der Waals surface area (Å²) in [6.45, 7) is 6.81. The molecule has 19 heavy (non-hydrogen) atoms. The lowest BCUT2D eigenvalue weighted by molar-refractivity contribution is -0.139. The lowest BCUT2D eigenvalue weighted by Gasteiger charge is -2.36. The molecular formula is C14H26N2O3. The lowest BCUT2D eigenvalue weighted by atomic mass is 10.1. The summed E-state index contributed by atoms with van der Waals surface area (Å²) in [4.78, 5) is 15.5. The van der Waals surface area contributed by atoms with E-state index < -0.39 is 5.97 Å². The largest absolute Gasteiger partial charge is 0.480 e. The van der Waals surface area contributed by atoms with E-state index in [4.69, 9.17) is 9.84 Å². The maximum absolute atomic E-state index is 11.0. The third kappa shape index (κ3) is 4.44. The number of hydrogen-bond donors (Lipinski definition) is 1. The molecule has 2 aliphatic rings. The van der Waals surface area contributed by atoms with E-state index in [1.807, 2.05) is 0 Å². The van der Waals surface area contributed by atoms with Crippen LogP contribution in [0.4, 0.5) is 0 Å². The summed E-state index contributed by atoms with van der Waals surface area (Å²) in [5.74, 6) is -0.727. The van der Waals surface area contributed by atoms with E-state index in [1.54, 1.807) is 0 Å². The topological polar surface area (TPSA) is 53.0 Å². The monoisotopic (exact) mass is 270 g/mol. The molecule has 0 bridgehead atoms. The van der Waals surface area contributed by atoms with Gasteiger partial charge in [-0.3, -0.25) is 14.6 Å².